The predicted octanol–water partition coefficient (Wildman–Crippen LogP) is 3.57. The Bertz CT molecular complexity index is 377. The number of halogens is 1. The molecule has 0 fully saturated rings. The third-order valence-corrected chi connectivity index (χ3v) is 2.46. The number of aryl methyl sites for hydroxylation is 1. The third-order valence-electron chi connectivity index (χ3n) is 2.19. The zero-order chi connectivity index (χ0) is 12.3. The summed E-state index contributed by atoms with van der Waals surface area (Å²) >= 11 is 6.00. The van der Waals surface area contributed by atoms with Gasteiger partial charge >= 0.3 is 0 Å². The molecule has 0 atom stereocenters. The number of Topliss-reactive ketones (excluding diaryl/α,β-unsaturated/α-hetero) is 1. The van der Waals surface area contributed by atoms with E-state index in [1.807, 2.05) is 27.7 Å². The quantitative estimate of drug-likeness (QED) is 0.757. The molecule has 0 saturated heterocycles. The Kier molecular flexibility index (Phi) is 4.14. The van der Waals surface area contributed by atoms with Crippen molar-refractivity contribution in [3.63, 3.8) is 0 Å². The van der Waals surface area contributed by atoms with Crippen molar-refractivity contribution in [2.45, 2.75) is 47.1 Å². The molecule has 0 radical (unpaired) electrons. The number of ketones is 1. The van der Waals surface area contributed by atoms with Gasteiger partial charge in [0.05, 0.1) is 11.2 Å². The van der Waals surface area contributed by atoms with Crippen LogP contribution in [0.15, 0.2) is 6.20 Å². The molecule has 4 heteroatoms. The highest BCUT2D eigenvalue weighted by atomic mass is 35.5. The molecule has 0 bridgehead atoms. The van der Waals surface area contributed by atoms with Crippen LogP contribution >= 0.6 is 11.6 Å². The highest BCUT2D eigenvalue weighted by Gasteiger charge is 2.22. The Morgan fingerprint density at radius 3 is 2.62 bits per heavy atom. The van der Waals surface area contributed by atoms with Crippen molar-refractivity contribution >= 4 is 17.4 Å². The predicted molar refractivity (Wildman–Crippen MR) is 65.9 cm³/mol. The molecule has 0 aliphatic heterocycles. The van der Waals surface area contributed by atoms with Crippen LogP contribution in [0, 0.1) is 5.41 Å². The van der Waals surface area contributed by atoms with Crippen molar-refractivity contribution in [3.8, 4) is 0 Å². The number of hydrogen-bond acceptors (Lipinski definition) is 2. The summed E-state index contributed by atoms with van der Waals surface area (Å²) in [5.41, 5.74) is 0.528. The fraction of sp³-hybridized carbons (Fsp3) is 0.667. The second kappa shape index (κ2) is 5.00. The summed E-state index contributed by atoms with van der Waals surface area (Å²) in [5, 5.41) is 4.58. The molecule has 0 aromatic carbocycles. The largest absolute Gasteiger partial charge is 0.292 e. The van der Waals surface area contributed by atoms with E-state index in [9.17, 15) is 4.79 Å². The van der Waals surface area contributed by atoms with Crippen LogP contribution < -0.4 is 0 Å². The van der Waals surface area contributed by atoms with Crippen molar-refractivity contribution in [3.05, 3.63) is 16.9 Å². The number of hydrogen-bond donors (Lipinski definition) is 0. The van der Waals surface area contributed by atoms with E-state index in [1.54, 1.807) is 10.9 Å². The molecule has 0 amide bonds. The fourth-order valence-corrected chi connectivity index (χ4v) is 1.83. The summed E-state index contributed by atoms with van der Waals surface area (Å²) in [7, 11) is 0. The standard InChI is InChI=1S/C12H19ClN2O/c1-5-6-15-11(9(13)8-14-15)10(16)7-12(2,3)4/h8H,5-7H2,1-4H3. The lowest BCUT2D eigenvalue weighted by molar-refractivity contribution is 0.0929. The van der Waals surface area contributed by atoms with E-state index in [2.05, 4.69) is 5.10 Å². The van der Waals surface area contributed by atoms with Crippen LogP contribution in [0.4, 0.5) is 0 Å². The van der Waals surface area contributed by atoms with Gasteiger partial charge in [-0.1, -0.05) is 39.3 Å². The second-order valence-electron chi connectivity index (χ2n) is 5.22. The average molecular weight is 243 g/mol. The van der Waals surface area contributed by atoms with E-state index >= 15 is 0 Å². The number of aromatic nitrogens is 2. The van der Waals surface area contributed by atoms with Gasteiger partial charge in [-0.15, -0.1) is 0 Å². The SMILES string of the molecule is CCCn1ncc(Cl)c1C(=O)CC(C)(C)C. The number of carbonyl (C=O) groups is 1. The van der Waals surface area contributed by atoms with Gasteiger partial charge in [0.1, 0.15) is 5.69 Å². The Morgan fingerprint density at radius 2 is 2.12 bits per heavy atom. The lowest BCUT2D eigenvalue weighted by Crippen LogP contribution is -2.17. The van der Waals surface area contributed by atoms with Crippen LogP contribution in [-0.2, 0) is 6.54 Å². The Morgan fingerprint density at radius 1 is 1.50 bits per heavy atom. The highest BCUT2D eigenvalue weighted by molar-refractivity contribution is 6.33. The zero-order valence-electron chi connectivity index (χ0n) is 10.4. The number of rotatable bonds is 4. The molecule has 0 N–H and O–H groups in total. The van der Waals surface area contributed by atoms with Crippen LogP contribution in [0.5, 0.6) is 0 Å². The lowest BCUT2D eigenvalue weighted by Gasteiger charge is -2.17. The van der Waals surface area contributed by atoms with Gasteiger partial charge in [-0.25, -0.2) is 0 Å². The van der Waals surface area contributed by atoms with Crippen LogP contribution in [0.25, 0.3) is 0 Å². The molecule has 0 saturated carbocycles. The summed E-state index contributed by atoms with van der Waals surface area (Å²) in [5.74, 6) is 0.0726. The Hall–Kier alpha value is -0.830. The molecule has 1 heterocycles. The smallest absolute Gasteiger partial charge is 0.182 e. The minimum atomic E-state index is -0.0261. The van der Waals surface area contributed by atoms with Crippen molar-refractivity contribution < 1.29 is 4.79 Å². The van der Waals surface area contributed by atoms with Gasteiger partial charge in [0, 0.05) is 13.0 Å². The number of carbonyl (C=O) groups excluding carboxylic acids is 1. The van der Waals surface area contributed by atoms with Gasteiger partial charge in [-0.3, -0.25) is 9.48 Å². The molecule has 90 valence electrons. The minimum absolute atomic E-state index is 0.0261. The molecule has 1 aromatic heterocycles. The van der Waals surface area contributed by atoms with E-state index in [0.717, 1.165) is 13.0 Å². The maximum Gasteiger partial charge on any atom is 0.182 e. The maximum absolute atomic E-state index is 12.1. The summed E-state index contributed by atoms with van der Waals surface area (Å²) in [6.45, 7) is 8.91. The van der Waals surface area contributed by atoms with Gasteiger partial charge in [-0.2, -0.15) is 5.10 Å². The molecule has 3 nitrogen and oxygen atoms in total. The molecule has 0 aliphatic rings. The van der Waals surface area contributed by atoms with E-state index in [0.29, 0.717) is 17.1 Å². The third kappa shape index (κ3) is 3.34. The van der Waals surface area contributed by atoms with Crippen molar-refractivity contribution in [2.75, 3.05) is 0 Å². The van der Waals surface area contributed by atoms with Crippen LogP contribution in [-0.4, -0.2) is 15.6 Å². The Labute approximate surface area is 102 Å². The molecule has 0 aliphatic carbocycles. The Balaban J connectivity index is 2.93. The van der Waals surface area contributed by atoms with Crippen molar-refractivity contribution in [1.29, 1.82) is 0 Å². The van der Waals surface area contributed by atoms with Gasteiger partial charge in [0.2, 0.25) is 0 Å². The first kappa shape index (κ1) is 13.2. The zero-order valence-corrected chi connectivity index (χ0v) is 11.1. The lowest BCUT2D eigenvalue weighted by atomic mass is 9.89. The van der Waals surface area contributed by atoms with Crippen molar-refractivity contribution in [1.82, 2.24) is 9.78 Å². The summed E-state index contributed by atoms with van der Waals surface area (Å²) in [6, 6.07) is 0. The molecule has 1 rings (SSSR count). The van der Waals surface area contributed by atoms with Gasteiger partial charge in [0.15, 0.2) is 5.78 Å². The average Bonchev–Trinajstić information content (AvgIpc) is 2.44. The van der Waals surface area contributed by atoms with Gasteiger partial charge in [0.25, 0.3) is 0 Å². The molecule has 0 unspecified atom stereocenters. The summed E-state index contributed by atoms with van der Waals surface area (Å²) in [6.07, 6.45) is 2.98. The van der Waals surface area contributed by atoms with Crippen molar-refractivity contribution in [2.24, 2.45) is 5.41 Å². The highest BCUT2D eigenvalue weighted by Crippen LogP contribution is 2.25. The first-order chi connectivity index (χ1) is 7.35. The molecular formula is C12H19ClN2O. The first-order valence-corrected chi connectivity index (χ1v) is 5.97. The van der Waals surface area contributed by atoms with E-state index in [1.165, 1.54) is 0 Å². The second-order valence-corrected chi connectivity index (χ2v) is 5.63. The first-order valence-electron chi connectivity index (χ1n) is 5.59. The van der Waals surface area contributed by atoms with Gasteiger partial charge < -0.3 is 0 Å². The molecule has 1 aromatic rings. The van der Waals surface area contributed by atoms with Gasteiger partial charge in [-0.05, 0) is 11.8 Å². The molecule has 16 heavy (non-hydrogen) atoms. The van der Waals surface area contributed by atoms with E-state index in [-0.39, 0.29) is 11.2 Å². The monoisotopic (exact) mass is 242 g/mol. The molecule has 0 spiro atoms. The molecular weight excluding hydrogens is 224 g/mol. The summed E-state index contributed by atoms with van der Waals surface area (Å²) in [4.78, 5) is 12.1. The van der Waals surface area contributed by atoms with E-state index in [4.69, 9.17) is 11.6 Å². The normalized spacial score (nSPS) is 11.8. The summed E-state index contributed by atoms with van der Waals surface area (Å²) < 4.78 is 1.70. The van der Waals surface area contributed by atoms with Crippen LogP contribution in [0.1, 0.15) is 51.0 Å². The van der Waals surface area contributed by atoms with Crippen LogP contribution in [0.2, 0.25) is 5.02 Å². The topological polar surface area (TPSA) is 34.9 Å². The van der Waals surface area contributed by atoms with E-state index < -0.39 is 0 Å². The van der Waals surface area contributed by atoms with Crippen LogP contribution in [0.3, 0.4) is 0 Å². The fourth-order valence-electron chi connectivity index (χ4n) is 1.59. The minimum Gasteiger partial charge on any atom is -0.292 e. The maximum atomic E-state index is 12.1. The number of nitrogens with zero attached hydrogens (tertiary/aromatic N) is 2.